The Balaban J connectivity index is 1.65. The fraction of sp³-hybridized carbons (Fsp3) is 0.192. The van der Waals surface area contributed by atoms with Gasteiger partial charge in [0.15, 0.2) is 0 Å². The summed E-state index contributed by atoms with van der Waals surface area (Å²) in [5, 5.41) is -0.0287. The zero-order valence-corrected chi connectivity index (χ0v) is 18.9. The Bertz CT molecular complexity index is 1390. The van der Waals surface area contributed by atoms with Crippen LogP contribution >= 0.6 is 0 Å². The summed E-state index contributed by atoms with van der Waals surface area (Å²) in [6, 6.07) is 22.8. The summed E-state index contributed by atoms with van der Waals surface area (Å²) in [4.78, 5) is 6.75. The van der Waals surface area contributed by atoms with E-state index < -0.39 is 9.84 Å². The first-order chi connectivity index (χ1) is 15.4. The molecular formula is C26H24N2O3S. The molecule has 0 aliphatic carbocycles. The number of fused-ring (bicyclic) bond motifs is 1. The highest BCUT2D eigenvalue weighted by molar-refractivity contribution is 7.91. The zero-order valence-electron chi connectivity index (χ0n) is 18.1. The van der Waals surface area contributed by atoms with Crippen molar-refractivity contribution >= 4 is 15.7 Å². The van der Waals surface area contributed by atoms with Gasteiger partial charge in [0, 0.05) is 18.7 Å². The van der Waals surface area contributed by atoms with Gasteiger partial charge in [0.1, 0.15) is 0 Å². The number of aromatic nitrogens is 1. The van der Waals surface area contributed by atoms with Crippen LogP contribution < -0.4 is 4.90 Å². The van der Waals surface area contributed by atoms with Gasteiger partial charge >= 0.3 is 0 Å². The van der Waals surface area contributed by atoms with E-state index in [1.807, 2.05) is 55.1 Å². The van der Waals surface area contributed by atoms with E-state index in [-0.39, 0.29) is 9.92 Å². The number of rotatable bonds is 4. The van der Waals surface area contributed by atoms with Gasteiger partial charge in [-0.25, -0.2) is 8.42 Å². The average Bonchev–Trinajstić information content (AvgIpc) is 3.25. The summed E-state index contributed by atoms with van der Waals surface area (Å²) in [7, 11) is -3.86. The predicted molar refractivity (Wildman–Crippen MR) is 125 cm³/mol. The third-order valence-electron chi connectivity index (χ3n) is 5.96. The summed E-state index contributed by atoms with van der Waals surface area (Å²) in [6.45, 7) is 5.13. The van der Waals surface area contributed by atoms with Crippen LogP contribution in [0.4, 0.5) is 5.88 Å². The van der Waals surface area contributed by atoms with Gasteiger partial charge in [-0.1, -0.05) is 60.2 Å². The third kappa shape index (κ3) is 3.60. The third-order valence-corrected chi connectivity index (χ3v) is 7.63. The van der Waals surface area contributed by atoms with Crippen molar-refractivity contribution in [1.29, 1.82) is 0 Å². The molecule has 0 amide bonds. The number of oxazole rings is 1. The van der Waals surface area contributed by atoms with Gasteiger partial charge in [-0.2, -0.15) is 4.98 Å². The van der Waals surface area contributed by atoms with Crippen molar-refractivity contribution in [2.24, 2.45) is 0 Å². The number of aryl methyl sites for hydroxylation is 2. The molecule has 4 aromatic rings. The van der Waals surface area contributed by atoms with Crippen LogP contribution in [0.2, 0.25) is 0 Å². The normalized spacial score (nSPS) is 13.8. The van der Waals surface area contributed by atoms with E-state index >= 15 is 0 Å². The van der Waals surface area contributed by atoms with Crippen molar-refractivity contribution in [3.63, 3.8) is 0 Å². The van der Waals surface area contributed by atoms with Crippen LogP contribution in [0.15, 0.2) is 87.1 Å². The predicted octanol–water partition coefficient (Wildman–Crippen LogP) is 5.35. The lowest BCUT2D eigenvalue weighted by molar-refractivity contribution is 0.533. The van der Waals surface area contributed by atoms with Crippen LogP contribution in [0.5, 0.6) is 0 Å². The Morgan fingerprint density at radius 1 is 0.875 bits per heavy atom. The molecule has 162 valence electrons. The van der Waals surface area contributed by atoms with Gasteiger partial charge in [0.25, 0.3) is 0 Å². The summed E-state index contributed by atoms with van der Waals surface area (Å²) in [5.41, 5.74) is 5.22. The summed E-state index contributed by atoms with van der Waals surface area (Å²) >= 11 is 0. The molecule has 3 aromatic carbocycles. The lowest BCUT2D eigenvalue weighted by Crippen LogP contribution is -2.31. The summed E-state index contributed by atoms with van der Waals surface area (Å²) < 4.78 is 33.5. The van der Waals surface area contributed by atoms with E-state index in [0.29, 0.717) is 24.9 Å². The van der Waals surface area contributed by atoms with E-state index in [2.05, 4.69) is 17.1 Å². The van der Waals surface area contributed by atoms with Crippen molar-refractivity contribution in [3.8, 4) is 11.5 Å². The van der Waals surface area contributed by atoms with E-state index in [1.165, 1.54) is 11.1 Å². The molecule has 1 aromatic heterocycles. The SMILES string of the molecule is Cc1ccc(S(=O)(=O)c2nc(-c3ccccc3C)oc2N2CCc3ccccc3C2)cc1. The molecule has 0 bridgehead atoms. The van der Waals surface area contributed by atoms with E-state index in [0.717, 1.165) is 23.1 Å². The molecule has 1 aliphatic rings. The van der Waals surface area contributed by atoms with Crippen LogP contribution in [-0.4, -0.2) is 19.9 Å². The molecule has 0 saturated carbocycles. The number of benzene rings is 3. The Hall–Kier alpha value is -3.38. The van der Waals surface area contributed by atoms with Gasteiger partial charge in [-0.15, -0.1) is 0 Å². The topological polar surface area (TPSA) is 63.4 Å². The molecule has 0 unspecified atom stereocenters. The first kappa shape index (κ1) is 20.5. The average molecular weight is 445 g/mol. The van der Waals surface area contributed by atoms with Gasteiger partial charge < -0.3 is 9.32 Å². The van der Waals surface area contributed by atoms with Crippen LogP contribution in [0.1, 0.15) is 22.3 Å². The van der Waals surface area contributed by atoms with Crippen LogP contribution in [0, 0.1) is 13.8 Å². The monoisotopic (exact) mass is 444 g/mol. The molecule has 5 rings (SSSR count). The van der Waals surface area contributed by atoms with Crippen molar-refractivity contribution in [1.82, 2.24) is 4.98 Å². The van der Waals surface area contributed by atoms with Crippen molar-refractivity contribution in [2.75, 3.05) is 11.4 Å². The standard InChI is InChI=1S/C26H24N2O3S/c1-18-11-13-22(14-12-18)32(29,30)25-26(28-16-15-20-8-4-5-9-21(20)17-28)31-24(27-25)23-10-6-3-7-19(23)2/h3-14H,15-17H2,1-2H3. The Morgan fingerprint density at radius 2 is 1.56 bits per heavy atom. The van der Waals surface area contributed by atoms with Crippen molar-refractivity contribution < 1.29 is 12.8 Å². The summed E-state index contributed by atoms with van der Waals surface area (Å²) in [5.74, 6) is 0.626. The minimum atomic E-state index is -3.86. The molecule has 0 spiro atoms. The zero-order chi connectivity index (χ0) is 22.3. The first-order valence-electron chi connectivity index (χ1n) is 10.6. The maximum absolute atomic E-state index is 13.6. The number of hydrogen-bond acceptors (Lipinski definition) is 5. The molecule has 2 heterocycles. The van der Waals surface area contributed by atoms with Crippen LogP contribution in [0.3, 0.4) is 0 Å². The number of anilines is 1. The van der Waals surface area contributed by atoms with E-state index in [9.17, 15) is 8.42 Å². The largest absolute Gasteiger partial charge is 0.419 e. The lowest BCUT2D eigenvalue weighted by atomic mass is 10.0. The molecule has 0 N–H and O–H groups in total. The van der Waals surface area contributed by atoms with Crippen molar-refractivity contribution in [3.05, 3.63) is 95.1 Å². The maximum Gasteiger partial charge on any atom is 0.236 e. The fourth-order valence-electron chi connectivity index (χ4n) is 4.10. The highest BCUT2D eigenvalue weighted by Crippen LogP contribution is 2.37. The fourth-order valence-corrected chi connectivity index (χ4v) is 5.42. The quantitative estimate of drug-likeness (QED) is 0.424. The molecule has 1 aliphatic heterocycles. The molecule has 0 radical (unpaired) electrons. The smallest absolute Gasteiger partial charge is 0.236 e. The highest BCUT2D eigenvalue weighted by Gasteiger charge is 2.33. The molecule has 5 nitrogen and oxygen atoms in total. The maximum atomic E-state index is 13.6. The number of sulfone groups is 1. The Kier molecular flexibility index (Phi) is 5.10. The van der Waals surface area contributed by atoms with Gasteiger partial charge in [-0.3, -0.25) is 0 Å². The van der Waals surface area contributed by atoms with Crippen LogP contribution in [-0.2, 0) is 22.8 Å². The van der Waals surface area contributed by atoms with E-state index in [1.54, 1.807) is 24.3 Å². The Morgan fingerprint density at radius 3 is 2.31 bits per heavy atom. The second-order valence-corrected chi connectivity index (χ2v) is 10.1. The number of hydrogen-bond donors (Lipinski definition) is 0. The second kappa shape index (κ2) is 7.95. The second-order valence-electron chi connectivity index (χ2n) is 8.20. The van der Waals surface area contributed by atoms with Gasteiger partial charge in [0.05, 0.1) is 4.90 Å². The van der Waals surface area contributed by atoms with E-state index in [4.69, 9.17) is 4.42 Å². The lowest BCUT2D eigenvalue weighted by Gasteiger charge is -2.28. The molecule has 0 atom stereocenters. The summed E-state index contributed by atoms with van der Waals surface area (Å²) in [6.07, 6.45) is 0.820. The van der Waals surface area contributed by atoms with Gasteiger partial charge in [0.2, 0.25) is 26.6 Å². The van der Waals surface area contributed by atoms with Crippen molar-refractivity contribution in [2.45, 2.75) is 36.7 Å². The molecule has 0 fully saturated rings. The Labute approximate surface area is 188 Å². The minimum Gasteiger partial charge on any atom is -0.419 e. The van der Waals surface area contributed by atoms with Crippen LogP contribution in [0.25, 0.3) is 11.5 Å². The first-order valence-corrected chi connectivity index (χ1v) is 12.1. The molecule has 0 saturated heterocycles. The molecule has 6 heteroatoms. The van der Waals surface area contributed by atoms with Gasteiger partial charge in [-0.05, 0) is 55.2 Å². The number of nitrogens with zero attached hydrogens (tertiary/aromatic N) is 2. The minimum absolute atomic E-state index is 0.0287. The molecular weight excluding hydrogens is 420 g/mol. The molecule has 32 heavy (non-hydrogen) atoms. The highest BCUT2D eigenvalue weighted by atomic mass is 32.2.